The number of carbonyl (C=O) groups is 1. The molecule has 0 saturated carbocycles. The fourth-order valence-electron chi connectivity index (χ4n) is 3.91. The van der Waals surface area contributed by atoms with Crippen molar-refractivity contribution in [2.45, 2.75) is 18.9 Å². The molecule has 0 spiro atoms. The number of carboxylic acids is 1. The zero-order valence-electron chi connectivity index (χ0n) is 14.6. The van der Waals surface area contributed by atoms with E-state index in [4.69, 9.17) is 23.2 Å². The number of benzene rings is 2. The number of aliphatic carboxylic acids is 1. The Kier molecular flexibility index (Phi) is 5.42. The molecular formula is C21H19Cl2NO2S. The van der Waals surface area contributed by atoms with Gasteiger partial charge in [-0.15, -0.1) is 11.3 Å². The standard InChI is InChI=1S/C21H19Cl2NO2S/c22-17-6-3-5-15(19(17)23)20(24-10-8-13(9-11-24)21(25)26)16-12-27-18-7-2-1-4-14(16)18/h1-7,12-13,20H,8-11H2,(H,25,26). The van der Waals surface area contributed by atoms with E-state index in [0.29, 0.717) is 36.0 Å². The van der Waals surface area contributed by atoms with E-state index in [1.807, 2.05) is 24.3 Å². The Hall–Kier alpha value is -1.59. The number of halogens is 2. The molecule has 3 nitrogen and oxygen atoms in total. The van der Waals surface area contributed by atoms with Gasteiger partial charge in [-0.3, -0.25) is 9.69 Å². The molecule has 1 fully saturated rings. The minimum absolute atomic E-state index is 0.0397. The Morgan fingerprint density at radius 3 is 2.56 bits per heavy atom. The van der Waals surface area contributed by atoms with Gasteiger partial charge in [0.15, 0.2) is 0 Å². The molecule has 1 N–H and O–H groups in total. The fraction of sp³-hybridized carbons (Fsp3) is 0.286. The lowest BCUT2D eigenvalue weighted by molar-refractivity contribution is -0.143. The summed E-state index contributed by atoms with van der Waals surface area (Å²) in [6, 6.07) is 14.1. The summed E-state index contributed by atoms with van der Waals surface area (Å²) in [5.74, 6) is -0.969. The maximum Gasteiger partial charge on any atom is 0.306 e. The Morgan fingerprint density at radius 1 is 1.07 bits per heavy atom. The molecule has 2 heterocycles. The second-order valence-electron chi connectivity index (χ2n) is 6.88. The van der Waals surface area contributed by atoms with Crippen molar-refractivity contribution in [1.82, 2.24) is 4.90 Å². The van der Waals surface area contributed by atoms with Gasteiger partial charge >= 0.3 is 5.97 Å². The van der Waals surface area contributed by atoms with Crippen LogP contribution in [-0.2, 0) is 4.79 Å². The van der Waals surface area contributed by atoms with Gasteiger partial charge in [0.2, 0.25) is 0 Å². The van der Waals surface area contributed by atoms with Crippen LogP contribution in [0.25, 0.3) is 10.1 Å². The van der Waals surface area contributed by atoms with Gasteiger partial charge in [0.05, 0.1) is 22.0 Å². The molecule has 4 rings (SSSR count). The molecule has 1 atom stereocenters. The topological polar surface area (TPSA) is 40.5 Å². The highest BCUT2D eigenvalue weighted by Crippen LogP contribution is 2.42. The molecule has 1 saturated heterocycles. The van der Waals surface area contributed by atoms with Crippen LogP contribution in [0.1, 0.15) is 30.0 Å². The first kappa shape index (κ1) is 18.8. The van der Waals surface area contributed by atoms with Crippen LogP contribution in [0.3, 0.4) is 0 Å². The van der Waals surface area contributed by atoms with Crippen LogP contribution in [0.4, 0.5) is 0 Å². The minimum atomic E-state index is -0.701. The van der Waals surface area contributed by atoms with E-state index >= 15 is 0 Å². The van der Waals surface area contributed by atoms with Gasteiger partial charge in [-0.25, -0.2) is 0 Å². The molecule has 0 aliphatic carbocycles. The number of nitrogens with zero attached hydrogens (tertiary/aromatic N) is 1. The molecule has 6 heteroatoms. The van der Waals surface area contributed by atoms with E-state index in [9.17, 15) is 9.90 Å². The quantitative estimate of drug-likeness (QED) is 0.555. The van der Waals surface area contributed by atoms with E-state index in [1.54, 1.807) is 17.4 Å². The molecule has 3 aromatic rings. The summed E-state index contributed by atoms with van der Waals surface area (Å²) < 4.78 is 1.23. The SMILES string of the molecule is O=C(O)C1CCN(C(c2cccc(Cl)c2Cl)c2csc3ccccc23)CC1. The van der Waals surface area contributed by atoms with Crippen molar-refractivity contribution in [1.29, 1.82) is 0 Å². The Morgan fingerprint density at radius 2 is 1.81 bits per heavy atom. The van der Waals surface area contributed by atoms with Gasteiger partial charge in [0, 0.05) is 4.70 Å². The first-order valence-corrected chi connectivity index (χ1v) is 10.6. The lowest BCUT2D eigenvalue weighted by atomic mass is 9.91. The van der Waals surface area contributed by atoms with Crippen molar-refractivity contribution in [2.75, 3.05) is 13.1 Å². The predicted octanol–water partition coefficient (Wildman–Crippen LogP) is 6.09. The van der Waals surface area contributed by atoms with E-state index < -0.39 is 5.97 Å². The minimum Gasteiger partial charge on any atom is -0.481 e. The summed E-state index contributed by atoms with van der Waals surface area (Å²) in [5.41, 5.74) is 2.18. The van der Waals surface area contributed by atoms with Gasteiger partial charge in [-0.2, -0.15) is 0 Å². The highest BCUT2D eigenvalue weighted by Gasteiger charge is 2.32. The second kappa shape index (κ2) is 7.80. The number of hydrogen-bond acceptors (Lipinski definition) is 3. The van der Waals surface area contributed by atoms with Crippen molar-refractivity contribution in [3.05, 3.63) is 69.0 Å². The summed E-state index contributed by atoms with van der Waals surface area (Å²) in [5, 5.41) is 13.8. The van der Waals surface area contributed by atoms with Crippen LogP contribution in [0.5, 0.6) is 0 Å². The van der Waals surface area contributed by atoms with Gasteiger partial charge in [-0.05, 0) is 60.0 Å². The van der Waals surface area contributed by atoms with Crippen LogP contribution >= 0.6 is 34.5 Å². The third-order valence-electron chi connectivity index (χ3n) is 5.33. The number of thiophene rings is 1. The highest BCUT2D eigenvalue weighted by atomic mass is 35.5. The maximum atomic E-state index is 11.3. The molecule has 0 bridgehead atoms. The highest BCUT2D eigenvalue weighted by molar-refractivity contribution is 7.17. The fourth-order valence-corrected chi connectivity index (χ4v) is 5.30. The number of likely N-dealkylation sites (tertiary alicyclic amines) is 1. The van der Waals surface area contributed by atoms with Gasteiger partial charge in [-0.1, -0.05) is 53.5 Å². The van der Waals surface area contributed by atoms with Crippen LogP contribution in [0.15, 0.2) is 47.8 Å². The van der Waals surface area contributed by atoms with Crippen LogP contribution in [-0.4, -0.2) is 29.1 Å². The molecule has 1 unspecified atom stereocenters. The van der Waals surface area contributed by atoms with Crippen molar-refractivity contribution in [3.63, 3.8) is 0 Å². The monoisotopic (exact) mass is 419 g/mol. The Balaban J connectivity index is 1.79. The molecule has 1 aliphatic rings. The molecular weight excluding hydrogens is 401 g/mol. The lowest BCUT2D eigenvalue weighted by Crippen LogP contribution is -2.39. The summed E-state index contributed by atoms with van der Waals surface area (Å²) in [6.45, 7) is 1.43. The normalized spacial score (nSPS) is 17.3. The molecule has 1 aromatic heterocycles. The van der Waals surface area contributed by atoms with Crippen molar-refractivity contribution >= 4 is 50.6 Å². The zero-order chi connectivity index (χ0) is 19.0. The molecule has 0 amide bonds. The van der Waals surface area contributed by atoms with E-state index in [0.717, 1.165) is 5.56 Å². The van der Waals surface area contributed by atoms with Crippen LogP contribution < -0.4 is 0 Å². The number of fused-ring (bicyclic) bond motifs is 1. The van der Waals surface area contributed by atoms with Crippen LogP contribution in [0, 0.1) is 5.92 Å². The number of hydrogen-bond donors (Lipinski definition) is 1. The van der Waals surface area contributed by atoms with Gasteiger partial charge < -0.3 is 5.11 Å². The predicted molar refractivity (Wildman–Crippen MR) is 112 cm³/mol. The molecule has 0 radical (unpaired) electrons. The Bertz CT molecular complexity index is 979. The van der Waals surface area contributed by atoms with Crippen LogP contribution in [0.2, 0.25) is 10.0 Å². The number of carboxylic acid groups (broad SMARTS) is 1. The van der Waals surface area contributed by atoms with Gasteiger partial charge in [0.25, 0.3) is 0 Å². The largest absolute Gasteiger partial charge is 0.481 e. The average Bonchev–Trinajstić information content (AvgIpc) is 3.10. The zero-order valence-corrected chi connectivity index (χ0v) is 16.9. The lowest BCUT2D eigenvalue weighted by Gasteiger charge is -2.37. The van der Waals surface area contributed by atoms with E-state index in [1.165, 1.54) is 15.6 Å². The maximum absolute atomic E-state index is 11.3. The first-order valence-electron chi connectivity index (χ1n) is 8.93. The molecule has 140 valence electrons. The average molecular weight is 420 g/mol. The van der Waals surface area contributed by atoms with Crippen molar-refractivity contribution < 1.29 is 9.90 Å². The number of rotatable bonds is 4. The second-order valence-corrected chi connectivity index (χ2v) is 8.58. The smallest absolute Gasteiger partial charge is 0.306 e. The Labute approximate surface area is 172 Å². The first-order chi connectivity index (χ1) is 13.1. The summed E-state index contributed by atoms with van der Waals surface area (Å²) >= 11 is 14.6. The summed E-state index contributed by atoms with van der Waals surface area (Å²) in [4.78, 5) is 13.7. The summed E-state index contributed by atoms with van der Waals surface area (Å²) in [6.07, 6.45) is 1.29. The van der Waals surface area contributed by atoms with Crippen molar-refractivity contribution in [3.8, 4) is 0 Å². The number of piperidine rings is 1. The molecule has 27 heavy (non-hydrogen) atoms. The molecule has 2 aromatic carbocycles. The van der Waals surface area contributed by atoms with Crippen molar-refractivity contribution in [2.24, 2.45) is 5.92 Å². The van der Waals surface area contributed by atoms with Gasteiger partial charge in [0.1, 0.15) is 0 Å². The summed E-state index contributed by atoms with van der Waals surface area (Å²) in [7, 11) is 0. The van der Waals surface area contributed by atoms with E-state index in [-0.39, 0.29) is 12.0 Å². The molecule has 1 aliphatic heterocycles. The third kappa shape index (κ3) is 3.59. The van der Waals surface area contributed by atoms with E-state index in [2.05, 4.69) is 22.4 Å². The third-order valence-corrected chi connectivity index (χ3v) is 7.14.